The normalized spacial score (nSPS) is 16.2. The first-order valence-electron chi connectivity index (χ1n) is 13.6. The molecule has 1 saturated heterocycles. The molecule has 8 nitrogen and oxygen atoms in total. The van der Waals surface area contributed by atoms with Crippen molar-refractivity contribution in [1.29, 1.82) is 5.26 Å². The number of anilines is 2. The van der Waals surface area contributed by atoms with Crippen LogP contribution in [-0.4, -0.2) is 71.7 Å². The molecule has 1 saturated carbocycles. The van der Waals surface area contributed by atoms with Crippen molar-refractivity contribution in [3.63, 3.8) is 0 Å². The smallest absolute Gasteiger partial charge is 0.227 e. The third-order valence-electron chi connectivity index (χ3n) is 7.21. The van der Waals surface area contributed by atoms with Crippen LogP contribution in [0.4, 0.5) is 16.0 Å². The van der Waals surface area contributed by atoms with Crippen molar-refractivity contribution in [3.8, 4) is 28.8 Å². The van der Waals surface area contributed by atoms with E-state index in [4.69, 9.17) is 9.47 Å². The topological polar surface area (TPSA) is 86.5 Å². The van der Waals surface area contributed by atoms with Crippen molar-refractivity contribution in [1.82, 2.24) is 19.8 Å². The highest BCUT2D eigenvalue weighted by atomic mass is 19.1. The largest absolute Gasteiger partial charge is 0.492 e. The number of nitrogens with one attached hydrogen (secondary N) is 1. The van der Waals surface area contributed by atoms with E-state index in [9.17, 15) is 9.65 Å². The average molecular weight is 531 g/mol. The zero-order chi connectivity index (χ0) is 27.2. The summed E-state index contributed by atoms with van der Waals surface area (Å²) < 4.78 is 26.1. The van der Waals surface area contributed by atoms with Crippen molar-refractivity contribution in [3.05, 3.63) is 60.0 Å². The summed E-state index contributed by atoms with van der Waals surface area (Å²) in [5, 5.41) is 12.8. The van der Waals surface area contributed by atoms with Gasteiger partial charge in [0.05, 0.1) is 17.9 Å². The molecule has 204 valence electrons. The zero-order valence-corrected chi connectivity index (χ0v) is 22.6. The Kier molecular flexibility index (Phi) is 8.54. The number of nitrogens with zero attached hydrogens (tertiary/aromatic N) is 5. The molecule has 1 aliphatic carbocycles. The first-order valence-corrected chi connectivity index (χ1v) is 13.6. The van der Waals surface area contributed by atoms with Crippen LogP contribution in [0.25, 0.3) is 11.3 Å². The first kappa shape index (κ1) is 26.9. The van der Waals surface area contributed by atoms with Gasteiger partial charge in [0.1, 0.15) is 18.4 Å². The molecule has 1 aliphatic heterocycles. The maximum Gasteiger partial charge on any atom is 0.227 e. The van der Waals surface area contributed by atoms with Gasteiger partial charge < -0.3 is 14.8 Å². The van der Waals surface area contributed by atoms with Crippen LogP contribution in [0, 0.1) is 23.1 Å². The third-order valence-corrected chi connectivity index (χ3v) is 7.21. The second-order valence-electron chi connectivity index (χ2n) is 10.4. The molecular formula is C30H35FN6O2. The lowest BCUT2D eigenvalue weighted by atomic mass is 10.1. The van der Waals surface area contributed by atoms with Gasteiger partial charge in [0.25, 0.3) is 0 Å². The summed E-state index contributed by atoms with van der Waals surface area (Å²) in [4.78, 5) is 13.7. The third kappa shape index (κ3) is 7.22. The van der Waals surface area contributed by atoms with Gasteiger partial charge in [0.15, 0.2) is 11.6 Å². The molecule has 3 aromatic rings. The number of hydrogen-bond acceptors (Lipinski definition) is 8. The summed E-state index contributed by atoms with van der Waals surface area (Å²) in [6, 6.07) is 14.7. The molecule has 0 spiro atoms. The Morgan fingerprint density at radius 1 is 1.05 bits per heavy atom. The molecular weight excluding hydrogens is 495 g/mol. The molecule has 0 bridgehead atoms. The van der Waals surface area contributed by atoms with Gasteiger partial charge in [0.2, 0.25) is 5.95 Å². The molecule has 0 unspecified atom stereocenters. The van der Waals surface area contributed by atoms with Gasteiger partial charge >= 0.3 is 0 Å². The lowest BCUT2D eigenvalue weighted by molar-refractivity contribution is 0.0965. The van der Waals surface area contributed by atoms with E-state index in [0.717, 1.165) is 38.3 Å². The second-order valence-corrected chi connectivity index (χ2v) is 10.4. The minimum absolute atomic E-state index is 0.192. The number of benzene rings is 2. The molecule has 5 rings (SSSR count). The Hall–Kier alpha value is -3.74. The van der Waals surface area contributed by atoms with E-state index in [-0.39, 0.29) is 5.75 Å². The molecule has 1 N–H and O–H groups in total. The van der Waals surface area contributed by atoms with Gasteiger partial charge in [-0.1, -0.05) is 0 Å². The summed E-state index contributed by atoms with van der Waals surface area (Å²) >= 11 is 0. The lowest BCUT2D eigenvalue weighted by Crippen LogP contribution is -2.49. The van der Waals surface area contributed by atoms with Crippen LogP contribution in [0.15, 0.2) is 48.7 Å². The van der Waals surface area contributed by atoms with Gasteiger partial charge in [-0.25, -0.2) is 14.4 Å². The molecule has 2 heterocycles. The van der Waals surface area contributed by atoms with Crippen LogP contribution in [-0.2, 0) is 0 Å². The fourth-order valence-corrected chi connectivity index (χ4v) is 4.58. The Bertz CT molecular complexity index is 1320. The van der Waals surface area contributed by atoms with Crippen molar-refractivity contribution in [2.45, 2.75) is 32.7 Å². The highest BCUT2D eigenvalue weighted by Crippen LogP contribution is 2.32. The number of nitriles is 1. The van der Waals surface area contributed by atoms with Crippen LogP contribution in [0.3, 0.4) is 0 Å². The maximum atomic E-state index is 14.5. The van der Waals surface area contributed by atoms with E-state index in [1.54, 1.807) is 30.5 Å². The predicted octanol–water partition coefficient (Wildman–Crippen LogP) is 5.09. The van der Waals surface area contributed by atoms with Crippen LogP contribution in [0.1, 0.15) is 32.3 Å². The highest BCUT2D eigenvalue weighted by Gasteiger charge is 2.22. The number of hydrogen-bond donors (Lipinski definition) is 1. The van der Waals surface area contributed by atoms with Crippen LogP contribution in [0.5, 0.6) is 11.5 Å². The predicted molar refractivity (Wildman–Crippen MR) is 149 cm³/mol. The first-order chi connectivity index (χ1) is 19.0. The fraction of sp³-hybridized carbons (Fsp3) is 0.433. The van der Waals surface area contributed by atoms with Crippen LogP contribution in [0.2, 0.25) is 0 Å². The standard InChI is InChI=1S/C30H35FN6O2/c1-21(2)37-13-11-36(12-14-37)15-16-38-29-18-25(6-7-26(29)31)34-30-33-10-9-27(35-30)23-5-8-28(24(17-23)19-32)39-20-22-3-4-22/h5-10,17-18,21-22H,3-4,11-16,20H2,1-2H3,(H,33,34,35). The monoisotopic (exact) mass is 530 g/mol. The van der Waals surface area contributed by atoms with Gasteiger partial charge in [-0.15, -0.1) is 0 Å². The molecule has 39 heavy (non-hydrogen) atoms. The maximum absolute atomic E-state index is 14.5. The van der Waals surface area contributed by atoms with Gasteiger partial charge in [-0.3, -0.25) is 9.80 Å². The summed E-state index contributed by atoms with van der Waals surface area (Å²) in [6.07, 6.45) is 4.02. The number of aromatic nitrogens is 2. The molecule has 2 fully saturated rings. The quantitative estimate of drug-likeness (QED) is 0.367. The Morgan fingerprint density at radius 3 is 2.62 bits per heavy atom. The van der Waals surface area contributed by atoms with E-state index in [1.807, 2.05) is 12.1 Å². The molecule has 2 aliphatic rings. The molecule has 0 amide bonds. The minimum Gasteiger partial charge on any atom is -0.492 e. The van der Waals surface area contributed by atoms with E-state index < -0.39 is 5.82 Å². The van der Waals surface area contributed by atoms with Crippen LogP contribution >= 0.6 is 0 Å². The molecule has 0 radical (unpaired) electrons. The van der Waals surface area contributed by atoms with Gasteiger partial charge in [0, 0.05) is 62.3 Å². The number of ether oxygens (including phenoxy) is 2. The van der Waals surface area contributed by atoms with Crippen molar-refractivity contribution < 1.29 is 13.9 Å². The van der Waals surface area contributed by atoms with Gasteiger partial charge in [-0.2, -0.15) is 5.26 Å². The van der Waals surface area contributed by atoms with E-state index in [2.05, 4.69) is 45.0 Å². The number of rotatable bonds is 11. The Morgan fingerprint density at radius 2 is 1.87 bits per heavy atom. The fourth-order valence-electron chi connectivity index (χ4n) is 4.58. The average Bonchev–Trinajstić information content (AvgIpc) is 3.78. The van der Waals surface area contributed by atoms with Gasteiger partial charge in [-0.05, 0) is 69.0 Å². The zero-order valence-electron chi connectivity index (χ0n) is 22.6. The molecule has 9 heteroatoms. The van der Waals surface area contributed by atoms with E-state index in [1.165, 1.54) is 18.9 Å². The lowest BCUT2D eigenvalue weighted by Gasteiger charge is -2.36. The Labute approximate surface area is 229 Å². The molecule has 2 aromatic carbocycles. The molecule has 0 atom stereocenters. The van der Waals surface area contributed by atoms with E-state index in [0.29, 0.717) is 53.8 Å². The second kappa shape index (κ2) is 12.4. The summed E-state index contributed by atoms with van der Waals surface area (Å²) in [7, 11) is 0. The van der Waals surface area contributed by atoms with Crippen molar-refractivity contribution >= 4 is 11.6 Å². The van der Waals surface area contributed by atoms with Crippen LogP contribution < -0.4 is 14.8 Å². The highest BCUT2D eigenvalue weighted by molar-refractivity contribution is 5.66. The van der Waals surface area contributed by atoms with E-state index >= 15 is 0 Å². The molecule has 1 aromatic heterocycles. The van der Waals surface area contributed by atoms with Crippen molar-refractivity contribution in [2.75, 3.05) is 51.3 Å². The summed E-state index contributed by atoms with van der Waals surface area (Å²) in [5.74, 6) is 1.35. The minimum atomic E-state index is -0.409. The SMILES string of the molecule is CC(C)N1CCN(CCOc2cc(Nc3nccc(-c4ccc(OCC5CC5)c(C#N)c4)n3)ccc2F)CC1. The summed E-state index contributed by atoms with van der Waals surface area (Å²) in [6.45, 7) is 10.3. The number of piperazine rings is 1. The number of halogens is 1. The Balaban J connectivity index is 1.20. The van der Waals surface area contributed by atoms with Crippen molar-refractivity contribution in [2.24, 2.45) is 5.92 Å². The summed E-state index contributed by atoms with van der Waals surface area (Å²) in [5.41, 5.74) is 2.54.